The first-order valence-corrected chi connectivity index (χ1v) is 4.97. The number of nitrogens with two attached hydrogens (primary N) is 1. The van der Waals surface area contributed by atoms with Gasteiger partial charge in [-0.25, -0.2) is 0 Å². The van der Waals surface area contributed by atoms with Crippen molar-refractivity contribution in [3.05, 3.63) is 23.8 Å². The first-order chi connectivity index (χ1) is 6.83. The van der Waals surface area contributed by atoms with Crippen molar-refractivity contribution in [1.82, 2.24) is 0 Å². The third-order valence-corrected chi connectivity index (χ3v) is 2.38. The standard InChI is InChI=1S/C11H15NO2/c1-2-13-10-5-3-4-8-9(12)6-7-14-11(8)10/h3-5,9H,2,6-7,12H2,1H3. The number of benzene rings is 1. The number of hydrogen-bond donors (Lipinski definition) is 1. The zero-order chi connectivity index (χ0) is 9.97. The lowest BCUT2D eigenvalue weighted by Gasteiger charge is -2.24. The van der Waals surface area contributed by atoms with Gasteiger partial charge in [0.05, 0.1) is 13.2 Å². The number of hydrogen-bond acceptors (Lipinski definition) is 3. The third-order valence-electron chi connectivity index (χ3n) is 2.38. The Kier molecular flexibility index (Phi) is 2.59. The maximum Gasteiger partial charge on any atom is 0.165 e. The highest BCUT2D eigenvalue weighted by molar-refractivity contribution is 5.48. The molecule has 0 bridgehead atoms. The van der Waals surface area contributed by atoms with E-state index in [0.29, 0.717) is 13.2 Å². The van der Waals surface area contributed by atoms with Crippen LogP contribution in [0.5, 0.6) is 11.5 Å². The van der Waals surface area contributed by atoms with Crippen molar-refractivity contribution < 1.29 is 9.47 Å². The van der Waals surface area contributed by atoms with Crippen LogP contribution in [0.4, 0.5) is 0 Å². The largest absolute Gasteiger partial charge is 0.490 e. The molecule has 0 fully saturated rings. The Balaban J connectivity index is 2.39. The van der Waals surface area contributed by atoms with Crippen LogP contribution < -0.4 is 15.2 Å². The summed E-state index contributed by atoms with van der Waals surface area (Å²) in [5.41, 5.74) is 7.03. The molecule has 1 unspecified atom stereocenters. The van der Waals surface area contributed by atoms with Gasteiger partial charge in [-0.1, -0.05) is 12.1 Å². The molecule has 2 rings (SSSR count). The SMILES string of the molecule is CCOc1cccc2c1OCCC2N. The van der Waals surface area contributed by atoms with Crippen molar-refractivity contribution in [2.75, 3.05) is 13.2 Å². The van der Waals surface area contributed by atoms with Gasteiger partial charge in [-0.3, -0.25) is 0 Å². The van der Waals surface area contributed by atoms with Gasteiger partial charge in [0.15, 0.2) is 11.5 Å². The van der Waals surface area contributed by atoms with E-state index < -0.39 is 0 Å². The van der Waals surface area contributed by atoms with E-state index in [-0.39, 0.29) is 6.04 Å². The molecule has 3 heteroatoms. The lowest BCUT2D eigenvalue weighted by molar-refractivity contribution is 0.243. The predicted molar refractivity (Wildman–Crippen MR) is 54.7 cm³/mol. The molecular weight excluding hydrogens is 178 g/mol. The molecule has 0 saturated heterocycles. The first-order valence-electron chi connectivity index (χ1n) is 4.97. The molecule has 0 radical (unpaired) electrons. The van der Waals surface area contributed by atoms with E-state index in [9.17, 15) is 0 Å². The molecule has 1 atom stereocenters. The van der Waals surface area contributed by atoms with E-state index in [4.69, 9.17) is 15.2 Å². The number of rotatable bonds is 2. The van der Waals surface area contributed by atoms with Crippen LogP contribution in [0.15, 0.2) is 18.2 Å². The molecule has 1 aromatic rings. The summed E-state index contributed by atoms with van der Waals surface area (Å²) >= 11 is 0. The molecule has 2 N–H and O–H groups in total. The van der Waals surface area contributed by atoms with Gasteiger partial charge < -0.3 is 15.2 Å². The van der Waals surface area contributed by atoms with Crippen molar-refractivity contribution in [2.24, 2.45) is 5.73 Å². The lowest BCUT2D eigenvalue weighted by Crippen LogP contribution is -2.20. The molecule has 3 nitrogen and oxygen atoms in total. The molecule has 1 aliphatic rings. The van der Waals surface area contributed by atoms with Crippen LogP contribution in [0.1, 0.15) is 24.9 Å². The van der Waals surface area contributed by atoms with Crippen LogP contribution in [0.25, 0.3) is 0 Å². The van der Waals surface area contributed by atoms with Crippen molar-refractivity contribution in [1.29, 1.82) is 0 Å². The Bertz CT molecular complexity index is 325. The van der Waals surface area contributed by atoms with Gasteiger partial charge in [-0.15, -0.1) is 0 Å². The van der Waals surface area contributed by atoms with Gasteiger partial charge in [0.1, 0.15) is 0 Å². The van der Waals surface area contributed by atoms with Crippen molar-refractivity contribution in [2.45, 2.75) is 19.4 Å². The van der Waals surface area contributed by atoms with Gasteiger partial charge in [-0.05, 0) is 13.0 Å². The highest BCUT2D eigenvalue weighted by Crippen LogP contribution is 2.38. The van der Waals surface area contributed by atoms with Crippen molar-refractivity contribution in [3.8, 4) is 11.5 Å². The minimum Gasteiger partial charge on any atom is -0.490 e. The van der Waals surface area contributed by atoms with E-state index >= 15 is 0 Å². The van der Waals surface area contributed by atoms with Crippen LogP contribution in [0.3, 0.4) is 0 Å². The smallest absolute Gasteiger partial charge is 0.165 e. The van der Waals surface area contributed by atoms with Crippen LogP contribution in [-0.4, -0.2) is 13.2 Å². The molecule has 0 saturated carbocycles. The molecule has 0 amide bonds. The second-order valence-corrected chi connectivity index (χ2v) is 3.35. The summed E-state index contributed by atoms with van der Waals surface area (Å²) in [5.74, 6) is 1.63. The summed E-state index contributed by atoms with van der Waals surface area (Å²) in [6, 6.07) is 5.96. The summed E-state index contributed by atoms with van der Waals surface area (Å²) < 4.78 is 11.0. The Labute approximate surface area is 83.8 Å². The molecule has 76 valence electrons. The minimum absolute atomic E-state index is 0.0826. The summed E-state index contributed by atoms with van der Waals surface area (Å²) in [4.78, 5) is 0. The average molecular weight is 193 g/mol. The molecule has 0 aliphatic carbocycles. The highest BCUT2D eigenvalue weighted by Gasteiger charge is 2.20. The fourth-order valence-electron chi connectivity index (χ4n) is 1.69. The zero-order valence-electron chi connectivity index (χ0n) is 8.32. The Morgan fingerprint density at radius 1 is 1.57 bits per heavy atom. The molecular formula is C11H15NO2. The third kappa shape index (κ3) is 1.55. The van der Waals surface area contributed by atoms with Crippen LogP contribution in [-0.2, 0) is 0 Å². The van der Waals surface area contributed by atoms with Crippen LogP contribution in [0.2, 0.25) is 0 Å². The summed E-state index contributed by atoms with van der Waals surface area (Å²) in [7, 11) is 0. The second-order valence-electron chi connectivity index (χ2n) is 3.35. The highest BCUT2D eigenvalue weighted by atomic mass is 16.5. The number of ether oxygens (including phenoxy) is 2. The van der Waals surface area contributed by atoms with Gasteiger partial charge >= 0.3 is 0 Å². The quantitative estimate of drug-likeness (QED) is 0.779. The maximum atomic E-state index is 5.98. The van der Waals surface area contributed by atoms with Gasteiger partial charge in [0, 0.05) is 18.0 Å². The van der Waals surface area contributed by atoms with E-state index in [1.165, 1.54) is 0 Å². The molecule has 14 heavy (non-hydrogen) atoms. The zero-order valence-corrected chi connectivity index (χ0v) is 8.32. The van der Waals surface area contributed by atoms with Gasteiger partial charge in [-0.2, -0.15) is 0 Å². The number of fused-ring (bicyclic) bond motifs is 1. The Morgan fingerprint density at radius 2 is 2.43 bits per heavy atom. The Morgan fingerprint density at radius 3 is 3.21 bits per heavy atom. The topological polar surface area (TPSA) is 44.5 Å². The van der Waals surface area contributed by atoms with Gasteiger partial charge in [0.25, 0.3) is 0 Å². The summed E-state index contributed by atoms with van der Waals surface area (Å²) in [6.45, 7) is 3.29. The molecule has 1 aromatic carbocycles. The monoisotopic (exact) mass is 193 g/mol. The molecule has 0 aromatic heterocycles. The van der Waals surface area contributed by atoms with E-state index in [1.54, 1.807) is 0 Å². The molecule has 1 aliphatic heterocycles. The normalized spacial score (nSPS) is 19.7. The Hall–Kier alpha value is -1.22. The fraction of sp³-hybridized carbons (Fsp3) is 0.455. The summed E-state index contributed by atoms with van der Waals surface area (Å²) in [6.07, 6.45) is 0.878. The van der Waals surface area contributed by atoms with E-state index in [2.05, 4.69) is 0 Å². The van der Waals surface area contributed by atoms with Crippen molar-refractivity contribution >= 4 is 0 Å². The summed E-state index contributed by atoms with van der Waals surface area (Å²) in [5, 5.41) is 0. The first kappa shape index (κ1) is 9.34. The van der Waals surface area contributed by atoms with Crippen LogP contribution >= 0.6 is 0 Å². The fourth-order valence-corrected chi connectivity index (χ4v) is 1.69. The molecule has 0 spiro atoms. The number of para-hydroxylation sites is 1. The second kappa shape index (κ2) is 3.88. The predicted octanol–water partition coefficient (Wildman–Crippen LogP) is 1.87. The van der Waals surface area contributed by atoms with Crippen LogP contribution in [0, 0.1) is 0 Å². The van der Waals surface area contributed by atoms with E-state index in [0.717, 1.165) is 23.5 Å². The minimum atomic E-state index is 0.0826. The maximum absolute atomic E-state index is 5.98. The average Bonchev–Trinajstić information content (AvgIpc) is 2.20. The molecule has 1 heterocycles. The van der Waals surface area contributed by atoms with Gasteiger partial charge in [0.2, 0.25) is 0 Å². The van der Waals surface area contributed by atoms with Crippen molar-refractivity contribution in [3.63, 3.8) is 0 Å². The van der Waals surface area contributed by atoms with E-state index in [1.807, 2.05) is 25.1 Å². The lowest BCUT2D eigenvalue weighted by atomic mass is 10.0.